The fraction of sp³-hybridized carbons (Fsp3) is 0.947. The lowest BCUT2D eigenvalue weighted by atomic mass is 9.54. The molecule has 4 fully saturated rings. The third kappa shape index (κ3) is 2.86. The van der Waals surface area contributed by atoms with Crippen molar-refractivity contribution in [2.24, 2.45) is 16.3 Å². The monoisotopic (exact) mass is 351 g/mol. The Bertz CT molecular complexity index is 477. The molecule has 0 amide bonds. The van der Waals surface area contributed by atoms with Gasteiger partial charge in [-0.3, -0.25) is 4.99 Å². The second-order valence-corrected chi connectivity index (χ2v) is 9.69. The maximum absolute atomic E-state index is 6.11. The molecule has 0 aromatic carbocycles. The fourth-order valence-electron chi connectivity index (χ4n) is 5.87. The van der Waals surface area contributed by atoms with Gasteiger partial charge in [-0.05, 0) is 44.3 Å². The van der Waals surface area contributed by atoms with E-state index in [4.69, 9.17) is 4.74 Å². The molecule has 4 nitrogen and oxygen atoms in total. The van der Waals surface area contributed by atoms with Crippen LogP contribution >= 0.6 is 11.8 Å². The SMILES string of the molecule is CCSC1CCC(NC(=NC)NC2C3CCOC3C23CCCC3)C1. The van der Waals surface area contributed by atoms with Gasteiger partial charge in [0.25, 0.3) is 0 Å². The van der Waals surface area contributed by atoms with Crippen molar-refractivity contribution in [3.8, 4) is 0 Å². The molecule has 1 heterocycles. The minimum Gasteiger partial charge on any atom is -0.377 e. The molecule has 3 saturated carbocycles. The Morgan fingerprint density at radius 1 is 1.21 bits per heavy atom. The van der Waals surface area contributed by atoms with Gasteiger partial charge in [0.2, 0.25) is 0 Å². The summed E-state index contributed by atoms with van der Waals surface area (Å²) in [6.07, 6.45) is 11.1. The lowest BCUT2D eigenvalue weighted by molar-refractivity contribution is -0.125. The fourth-order valence-corrected chi connectivity index (χ4v) is 7.02. The van der Waals surface area contributed by atoms with E-state index < -0.39 is 0 Å². The molecule has 136 valence electrons. The van der Waals surface area contributed by atoms with Crippen LogP contribution in [0.3, 0.4) is 0 Å². The number of nitrogens with one attached hydrogen (secondary N) is 2. The highest BCUT2D eigenvalue weighted by Crippen LogP contribution is 2.60. The van der Waals surface area contributed by atoms with Gasteiger partial charge in [-0.25, -0.2) is 0 Å². The van der Waals surface area contributed by atoms with Crippen LogP contribution in [0.5, 0.6) is 0 Å². The summed E-state index contributed by atoms with van der Waals surface area (Å²) in [6.45, 7) is 3.23. The highest BCUT2D eigenvalue weighted by molar-refractivity contribution is 7.99. The Hall–Kier alpha value is -0.420. The molecule has 5 heteroatoms. The first kappa shape index (κ1) is 17.0. The molecule has 3 aliphatic carbocycles. The third-order valence-electron chi connectivity index (χ3n) is 6.93. The highest BCUT2D eigenvalue weighted by atomic mass is 32.2. The molecule has 1 spiro atoms. The number of fused-ring (bicyclic) bond motifs is 2. The number of aliphatic imine (C=N–C) groups is 1. The van der Waals surface area contributed by atoms with Gasteiger partial charge in [0.15, 0.2) is 5.96 Å². The number of nitrogens with zero attached hydrogens (tertiary/aromatic N) is 1. The number of hydrogen-bond acceptors (Lipinski definition) is 3. The van der Waals surface area contributed by atoms with E-state index in [0.29, 0.717) is 29.5 Å². The van der Waals surface area contributed by atoms with Crippen LogP contribution in [0.1, 0.15) is 58.3 Å². The van der Waals surface area contributed by atoms with Crippen LogP contribution in [0.4, 0.5) is 0 Å². The molecular weight excluding hydrogens is 318 g/mol. The molecule has 2 N–H and O–H groups in total. The summed E-state index contributed by atoms with van der Waals surface area (Å²) in [7, 11) is 1.92. The summed E-state index contributed by atoms with van der Waals surface area (Å²) in [4.78, 5) is 4.56. The lowest BCUT2D eigenvalue weighted by Gasteiger charge is -2.57. The zero-order valence-electron chi connectivity index (χ0n) is 15.2. The van der Waals surface area contributed by atoms with Crippen LogP contribution < -0.4 is 10.6 Å². The van der Waals surface area contributed by atoms with E-state index in [1.54, 1.807) is 0 Å². The van der Waals surface area contributed by atoms with E-state index in [1.807, 2.05) is 7.05 Å². The number of guanidine groups is 1. The van der Waals surface area contributed by atoms with Crippen molar-refractivity contribution in [2.45, 2.75) is 81.7 Å². The van der Waals surface area contributed by atoms with E-state index in [1.165, 1.54) is 57.1 Å². The summed E-state index contributed by atoms with van der Waals surface area (Å²) < 4.78 is 6.11. The molecule has 0 bridgehead atoms. The van der Waals surface area contributed by atoms with Crippen LogP contribution in [0.2, 0.25) is 0 Å². The van der Waals surface area contributed by atoms with Crippen LogP contribution in [0.25, 0.3) is 0 Å². The van der Waals surface area contributed by atoms with Crippen molar-refractivity contribution in [3.05, 3.63) is 0 Å². The van der Waals surface area contributed by atoms with Gasteiger partial charge < -0.3 is 15.4 Å². The first-order valence-corrected chi connectivity index (χ1v) is 11.0. The molecule has 0 aromatic heterocycles. The molecule has 1 saturated heterocycles. The van der Waals surface area contributed by atoms with Crippen LogP contribution in [0.15, 0.2) is 4.99 Å². The normalized spacial score (nSPS) is 40.6. The average Bonchev–Trinajstić information content (AvgIpc) is 3.31. The van der Waals surface area contributed by atoms with E-state index in [2.05, 4.69) is 34.3 Å². The Morgan fingerprint density at radius 2 is 2.04 bits per heavy atom. The summed E-state index contributed by atoms with van der Waals surface area (Å²) >= 11 is 2.12. The Balaban J connectivity index is 1.36. The van der Waals surface area contributed by atoms with E-state index in [9.17, 15) is 0 Å². The van der Waals surface area contributed by atoms with Crippen molar-refractivity contribution in [1.82, 2.24) is 10.6 Å². The van der Waals surface area contributed by atoms with Gasteiger partial charge in [0.1, 0.15) is 0 Å². The van der Waals surface area contributed by atoms with Crippen LogP contribution in [0, 0.1) is 11.3 Å². The molecule has 5 unspecified atom stereocenters. The van der Waals surface area contributed by atoms with Crippen LogP contribution in [-0.4, -0.2) is 48.8 Å². The Kier molecular flexibility index (Phi) is 5.01. The predicted octanol–water partition coefficient (Wildman–Crippen LogP) is 3.17. The van der Waals surface area contributed by atoms with Crippen molar-refractivity contribution < 1.29 is 4.74 Å². The minimum atomic E-state index is 0.398. The van der Waals surface area contributed by atoms with Gasteiger partial charge in [-0.1, -0.05) is 19.8 Å². The van der Waals surface area contributed by atoms with E-state index in [0.717, 1.165) is 17.8 Å². The van der Waals surface area contributed by atoms with Gasteiger partial charge in [-0.15, -0.1) is 0 Å². The number of thioether (sulfide) groups is 1. The van der Waals surface area contributed by atoms with Crippen molar-refractivity contribution in [3.63, 3.8) is 0 Å². The Labute approximate surface area is 151 Å². The second kappa shape index (κ2) is 7.06. The Morgan fingerprint density at radius 3 is 2.79 bits per heavy atom. The van der Waals surface area contributed by atoms with Gasteiger partial charge in [-0.2, -0.15) is 11.8 Å². The number of ether oxygens (including phenoxy) is 1. The lowest BCUT2D eigenvalue weighted by Crippen LogP contribution is -2.69. The first-order chi connectivity index (χ1) is 11.8. The number of hydrogen-bond donors (Lipinski definition) is 2. The molecule has 24 heavy (non-hydrogen) atoms. The largest absolute Gasteiger partial charge is 0.377 e. The summed E-state index contributed by atoms with van der Waals surface area (Å²) in [6, 6.07) is 1.16. The summed E-state index contributed by atoms with van der Waals surface area (Å²) in [5.41, 5.74) is 0.398. The predicted molar refractivity (Wildman–Crippen MR) is 102 cm³/mol. The van der Waals surface area contributed by atoms with Crippen molar-refractivity contribution >= 4 is 17.7 Å². The smallest absolute Gasteiger partial charge is 0.191 e. The zero-order chi connectivity index (χ0) is 16.6. The van der Waals surface area contributed by atoms with Gasteiger partial charge in [0, 0.05) is 42.3 Å². The summed E-state index contributed by atoms with van der Waals surface area (Å²) in [5.74, 6) is 2.97. The van der Waals surface area contributed by atoms with E-state index in [-0.39, 0.29) is 0 Å². The molecule has 4 rings (SSSR count). The standard InChI is InChI=1S/C19H33N3OS/c1-3-24-14-7-6-13(12-14)21-18(20-2)22-16-15-8-11-23-17(15)19(16)9-4-5-10-19/h13-17H,3-12H2,1-2H3,(H2,20,21,22). The van der Waals surface area contributed by atoms with Gasteiger partial charge >= 0.3 is 0 Å². The van der Waals surface area contributed by atoms with Crippen LogP contribution in [-0.2, 0) is 4.74 Å². The topological polar surface area (TPSA) is 45.7 Å². The minimum absolute atomic E-state index is 0.398. The second-order valence-electron chi connectivity index (χ2n) is 8.11. The highest BCUT2D eigenvalue weighted by Gasteiger charge is 2.65. The van der Waals surface area contributed by atoms with Crippen molar-refractivity contribution in [2.75, 3.05) is 19.4 Å². The molecule has 1 aliphatic heterocycles. The third-order valence-corrected chi connectivity index (χ3v) is 8.16. The molecule has 0 aromatic rings. The molecule has 0 radical (unpaired) electrons. The van der Waals surface area contributed by atoms with E-state index >= 15 is 0 Å². The quantitative estimate of drug-likeness (QED) is 0.603. The molecular formula is C19H33N3OS. The van der Waals surface area contributed by atoms with Crippen molar-refractivity contribution in [1.29, 1.82) is 0 Å². The molecule has 5 atom stereocenters. The maximum atomic E-state index is 6.11. The zero-order valence-corrected chi connectivity index (χ0v) is 16.0. The van der Waals surface area contributed by atoms with Gasteiger partial charge in [0.05, 0.1) is 6.10 Å². The number of rotatable bonds is 4. The molecule has 4 aliphatic rings. The summed E-state index contributed by atoms with van der Waals surface area (Å²) in [5, 5.41) is 8.39. The first-order valence-electron chi connectivity index (χ1n) is 10.00. The average molecular weight is 352 g/mol. The maximum Gasteiger partial charge on any atom is 0.191 e.